The van der Waals surface area contributed by atoms with Gasteiger partial charge in [0.2, 0.25) is 17.7 Å². The Morgan fingerprint density at radius 2 is 1.45 bits per heavy atom. The van der Waals surface area contributed by atoms with Crippen LogP contribution in [0.25, 0.3) is 0 Å². The van der Waals surface area contributed by atoms with Crippen LogP contribution in [0.3, 0.4) is 0 Å². The van der Waals surface area contributed by atoms with E-state index >= 15 is 0 Å². The molecule has 1 saturated carbocycles. The van der Waals surface area contributed by atoms with Crippen LogP contribution in [-0.4, -0.2) is 183 Å². The van der Waals surface area contributed by atoms with Crippen molar-refractivity contribution in [1.82, 2.24) is 44.9 Å². The number of nitrogens with zero attached hydrogens (tertiary/aromatic N) is 8. The average molecular weight is 1190 g/mol. The number of hydrogen-bond acceptors (Lipinski definition) is 16. The number of urea groups is 1. The van der Waals surface area contributed by atoms with Gasteiger partial charge in [-0.25, -0.2) is 18.9 Å². The Balaban J connectivity index is 0.604. The lowest BCUT2D eigenvalue weighted by molar-refractivity contribution is -0.141. The first-order chi connectivity index (χ1) is 41.4. The maximum absolute atomic E-state index is 14.0. The van der Waals surface area contributed by atoms with Gasteiger partial charge >= 0.3 is 6.03 Å². The lowest BCUT2D eigenvalue weighted by Gasteiger charge is -2.32. The predicted molar refractivity (Wildman–Crippen MR) is 321 cm³/mol. The maximum Gasteiger partial charge on any atom is 0.325 e. The van der Waals surface area contributed by atoms with E-state index in [4.69, 9.17) is 28.4 Å². The Hall–Kier alpha value is -7.54. The van der Waals surface area contributed by atoms with Gasteiger partial charge in [-0.15, -0.1) is 16.4 Å². The van der Waals surface area contributed by atoms with E-state index in [1.54, 1.807) is 70.6 Å². The molecule has 3 heterocycles. The molecule has 23 heteroatoms. The number of methoxy groups -OCH3 is 1. The molecule has 0 radical (unpaired) electrons. The molecule has 5 amide bonds. The molecule has 0 spiro atoms. The molecule has 8 rings (SSSR count). The number of carbonyl (C=O) groups is 4. The molecule has 0 bridgehead atoms. The summed E-state index contributed by atoms with van der Waals surface area (Å²) in [6, 6.07) is 26.9. The highest BCUT2D eigenvalue weighted by atomic mass is 32.1. The van der Waals surface area contributed by atoms with Crippen LogP contribution >= 0.6 is 11.3 Å². The van der Waals surface area contributed by atoms with E-state index in [1.807, 2.05) is 54.5 Å². The summed E-state index contributed by atoms with van der Waals surface area (Å²) >= 11 is 1.28. The number of carbonyl (C=O) groups excluding carboxylic acids is 4. The highest BCUT2D eigenvalue weighted by Gasteiger charge is 2.41. The molecule has 2 aliphatic rings. The number of unbranched alkanes of at least 4 members (excludes halogenated alkanes) is 1. The van der Waals surface area contributed by atoms with E-state index in [2.05, 4.69) is 48.1 Å². The molecule has 4 aromatic carbocycles. The fourth-order valence-electron chi connectivity index (χ4n) is 9.41. The van der Waals surface area contributed by atoms with E-state index in [1.165, 1.54) is 23.5 Å². The quantitative estimate of drug-likeness (QED) is 0.0330. The molecule has 21 nitrogen and oxygen atoms in total. The molecule has 1 unspecified atom stereocenters. The minimum Gasteiger partial charge on any atom is -0.497 e. The van der Waals surface area contributed by atoms with Crippen LogP contribution in [0.1, 0.15) is 66.2 Å². The van der Waals surface area contributed by atoms with Crippen molar-refractivity contribution in [3.05, 3.63) is 143 Å². The smallest absolute Gasteiger partial charge is 0.325 e. The van der Waals surface area contributed by atoms with Crippen molar-refractivity contribution in [3.8, 4) is 17.2 Å². The van der Waals surface area contributed by atoms with Crippen LogP contribution in [-0.2, 0) is 60.9 Å². The molecule has 2 fully saturated rings. The summed E-state index contributed by atoms with van der Waals surface area (Å²) in [5.74, 6) is 1.33. The van der Waals surface area contributed by atoms with Gasteiger partial charge in [0, 0.05) is 75.4 Å². The number of aromatic nitrogens is 4. The Labute approximate surface area is 501 Å². The summed E-state index contributed by atoms with van der Waals surface area (Å²) in [6.07, 6.45) is 7.04. The second kappa shape index (κ2) is 33.8. The van der Waals surface area contributed by atoms with Gasteiger partial charge in [0.1, 0.15) is 35.7 Å². The van der Waals surface area contributed by atoms with Crippen LogP contribution in [0.4, 0.5) is 20.0 Å². The van der Waals surface area contributed by atoms with E-state index in [-0.39, 0.29) is 49.0 Å². The number of thiazole rings is 1. The van der Waals surface area contributed by atoms with Crippen LogP contribution in [0.2, 0.25) is 0 Å². The van der Waals surface area contributed by atoms with Gasteiger partial charge in [-0.05, 0) is 130 Å². The molecule has 6 aromatic rings. The number of amides is 5. The first-order valence-electron chi connectivity index (χ1n) is 29.2. The molecule has 1 aliphatic carbocycles. The number of likely N-dealkylation sites (N-methyl/N-ethyl adjacent to an activating group) is 2. The Morgan fingerprint density at radius 1 is 0.741 bits per heavy atom. The zero-order chi connectivity index (χ0) is 59.6. The zero-order valence-electron chi connectivity index (χ0n) is 49.0. The Kier molecular flexibility index (Phi) is 25.3. The summed E-state index contributed by atoms with van der Waals surface area (Å²) in [6.45, 7) is 9.48. The third kappa shape index (κ3) is 21.8. The van der Waals surface area contributed by atoms with Gasteiger partial charge in [0.25, 0.3) is 0 Å². The number of halogens is 1. The summed E-state index contributed by atoms with van der Waals surface area (Å²) in [7, 11) is 5.71. The standard InChI is InChI=1S/C62H80FN11O10S/c1-70(26-4-5-33-83-55-18-9-46(10-19-55)11-24-57(75)74(53-16-17-53)59(48-12-20-54(79-3)21-13-48)60(77)64-43-47-7-6-8-49(63)41-47)31-35-81-38-37-80-34-25-51-44-73(69-68-51)32-36-82-39-40-84-56-22-14-50(15-23-56)65-61(78)67-62-66-52(45-85-62)42-58(76)72-29-27-71(2)28-30-72/h6-10,12-15,18-23,41,44-45,53,59H,4-5,11,16-17,24-40,42-43H2,1-3H3,(H,64,77)(H2,65,66,67,78). The minimum absolute atomic E-state index is 0.0325. The highest BCUT2D eigenvalue weighted by Crippen LogP contribution is 2.36. The van der Waals surface area contributed by atoms with Crippen molar-refractivity contribution in [2.24, 2.45) is 0 Å². The highest BCUT2D eigenvalue weighted by molar-refractivity contribution is 7.14. The third-order valence-electron chi connectivity index (χ3n) is 14.4. The number of anilines is 2. The maximum atomic E-state index is 14.0. The van der Waals surface area contributed by atoms with Crippen molar-refractivity contribution >= 4 is 45.9 Å². The lowest BCUT2D eigenvalue weighted by atomic mass is 10.0. The van der Waals surface area contributed by atoms with Crippen LogP contribution < -0.4 is 30.2 Å². The van der Waals surface area contributed by atoms with Gasteiger partial charge in [-0.2, -0.15) is 0 Å². The monoisotopic (exact) mass is 1190 g/mol. The number of benzene rings is 4. The summed E-state index contributed by atoms with van der Waals surface area (Å²) < 4.78 is 50.1. The number of aryl methyl sites for hydroxylation is 1. The van der Waals surface area contributed by atoms with Gasteiger partial charge in [-0.3, -0.25) is 19.7 Å². The van der Waals surface area contributed by atoms with Crippen molar-refractivity contribution in [2.45, 2.75) is 76.5 Å². The molecule has 85 heavy (non-hydrogen) atoms. The average Bonchev–Trinajstić information content (AvgIpc) is 3.63. The Bertz CT molecular complexity index is 2990. The summed E-state index contributed by atoms with van der Waals surface area (Å²) in [5.41, 5.74) is 4.39. The molecule has 1 aliphatic heterocycles. The van der Waals surface area contributed by atoms with E-state index in [0.29, 0.717) is 124 Å². The van der Waals surface area contributed by atoms with Crippen LogP contribution in [0, 0.1) is 5.82 Å². The fraction of sp³-hybridized carbons (Fsp3) is 0.468. The van der Waals surface area contributed by atoms with E-state index < -0.39 is 12.1 Å². The molecular formula is C62H80FN11O10S. The number of nitrogens with one attached hydrogen (secondary N) is 3. The molecular weight excluding hydrogens is 1110 g/mol. The first kappa shape index (κ1) is 63.5. The van der Waals surface area contributed by atoms with Gasteiger partial charge in [0.15, 0.2) is 5.13 Å². The number of piperazine rings is 1. The summed E-state index contributed by atoms with van der Waals surface area (Å²) in [5, 5.41) is 19.1. The molecule has 2 aromatic heterocycles. The van der Waals surface area contributed by atoms with Crippen molar-refractivity contribution < 1.29 is 52.0 Å². The first-order valence-corrected chi connectivity index (χ1v) is 30.0. The SMILES string of the molecule is COc1ccc(C(C(=O)NCc2cccc(F)c2)N(C(=O)CCc2ccc(OCCCCN(C)CCOCCOCCc3cn(CCOCCOc4ccc(NC(=O)Nc5nc(CC(=O)N6CCN(C)CC6)cs5)cc4)nn3)cc2)C2CC2)cc1. The largest absolute Gasteiger partial charge is 0.497 e. The van der Waals surface area contributed by atoms with Crippen LogP contribution in [0.15, 0.2) is 109 Å². The fourth-order valence-corrected chi connectivity index (χ4v) is 10.1. The van der Waals surface area contributed by atoms with Crippen molar-refractivity contribution in [1.29, 1.82) is 0 Å². The number of rotatable bonds is 36. The van der Waals surface area contributed by atoms with Crippen LogP contribution in [0.5, 0.6) is 17.2 Å². The second-order valence-electron chi connectivity index (χ2n) is 21.1. The van der Waals surface area contributed by atoms with Gasteiger partial charge in [0.05, 0.1) is 77.7 Å². The van der Waals surface area contributed by atoms with E-state index in [9.17, 15) is 23.6 Å². The molecule has 456 valence electrons. The molecule has 1 saturated heterocycles. The summed E-state index contributed by atoms with van der Waals surface area (Å²) in [4.78, 5) is 65.5. The second-order valence-corrected chi connectivity index (χ2v) is 21.9. The molecule has 3 N–H and O–H groups in total. The van der Waals surface area contributed by atoms with E-state index in [0.717, 1.165) is 68.9 Å². The predicted octanol–water partition coefficient (Wildman–Crippen LogP) is 7.29. The third-order valence-corrected chi connectivity index (χ3v) is 15.2. The lowest BCUT2D eigenvalue weighted by Crippen LogP contribution is -2.47. The molecule has 1 atom stereocenters. The zero-order valence-corrected chi connectivity index (χ0v) is 49.8. The number of hydrogen-bond donors (Lipinski definition) is 3. The van der Waals surface area contributed by atoms with Gasteiger partial charge < -0.3 is 58.7 Å². The normalized spacial score (nSPS) is 13.8. The van der Waals surface area contributed by atoms with Gasteiger partial charge in [-0.1, -0.05) is 41.6 Å². The Morgan fingerprint density at radius 3 is 2.19 bits per heavy atom. The minimum atomic E-state index is -0.838. The van der Waals surface area contributed by atoms with Crippen molar-refractivity contribution in [2.75, 3.05) is 124 Å². The topological polar surface area (TPSA) is 216 Å². The number of ether oxygens (including phenoxy) is 6. The van der Waals surface area contributed by atoms with Crippen molar-refractivity contribution in [3.63, 3.8) is 0 Å².